The average Bonchev–Trinajstić information content (AvgIpc) is 2.24. The van der Waals surface area contributed by atoms with Crippen molar-refractivity contribution >= 4 is 33.2 Å². The van der Waals surface area contributed by atoms with Crippen LogP contribution in [0.2, 0.25) is 0 Å². The Labute approximate surface area is 71.0 Å². The van der Waals surface area contributed by atoms with Gasteiger partial charge >= 0.3 is 0 Å². The van der Waals surface area contributed by atoms with Crippen LogP contribution in [0.1, 0.15) is 0 Å². The molecule has 0 bridgehead atoms. The molecule has 3 aromatic heterocycles. The van der Waals surface area contributed by atoms with E-state index in [-0.39, 0.29) is 0 Å². The Kier molecular flexibility index (Phi) is 0.651. The van der Waals surface area contributed by atoms with Crippen LogP contribution in [0, 0.1) is 0 Å². The second-order valence-corrected chi connectivity index (χ2v) is 2.96. The molecule has 0 fully saturated rings. The fourth-order valence-corrected chi connectivity index (χ4v) is 1.59. The zero-order chi connectivity index (χ0) is 8.41. The summed E-state index contributed by atoms with van der Waals surface area (Å²) in [4.78, 5) is 0. The quantitative estimate of drug-likeness (QED) is 0.396. The molecule has 4 rings (SSSR count). The van der Waals surface area contributed by atoms with E-state index in [4.69, 9.17) is 4.42 Å². The maximum absolute atomic E-state index is 5.39. The van der Waals surface area contributed by atoms with Crippen molar-refractivity contribution in [2.75, 3.05) is 0 Å². The number of fused-ring (bicyclic) bond motifs is 5. The van der Waals surface area contributed by atoms with Crippen LogP contribution in [0.25, 0.3) is 33.2 Å². The molecule has 3 heterocycles. The first kappa shape index (κ1) is 5.58. The van der Waals surface area contributed by atoms with Crippen molar-refractivity contribution in [1.29, 1.82) is 0 Å². The summed E-state index contributed by atoms with van der Waals surface area (Å²) in [6, 6.07) is 3.75. The van der Waals surface area contributed by atoms with Gasteiger partial charge in [-0.05, 0) is 12.1 Å². The Hall–Kier alpha value is -2.04. The molecule has 5 nitrogen and oxygen atoms in total. The minimum absolute atomic E-state index is 0.602. The van der Waals surface area contributed by atoms with Gasteiger partial charge in [-0.25, -0.2) is 0 Å². The van der Waals surface area contributed by atoms with E-state index >= 15 is 0 Å². The summed E-state index contributed by atoms with van der Waals surface area (Å²) in [5.74, 6) is 0. The summed E-state index contributed by atoms with van der Waals surface area (Å²) in [6.07, 6.45) is 0. The first-order valence-corrected chi connectivity index (χ1v) is 3.86. The molecule has 5 heteroatoms. The standard InChI is InChI=1S/C8H2N4O/c1-2-4-5(6-3(1)9-10-6)7-8(13-4)12-11-7/h1-2H. The monoisotopic (exact) mass is 170 g/mol. The third-order valence-corrected chi connectivity index (χ3v) is 2.26. The molecule has 13 heavy (non-hydrogen) atoms. The molecule has 0 atom stereocenters. The van der Waals surface area contributed by atoms with Gasteiger partial charge in [0.15, 0.2) is 5.52 Å². The Morgan fingerprint density at radius 1 is 0.923 bits per heavy atom. The third-order valence-electron chi connectivity index (χ3n) is 2.26. The van der Waals surface area contributed by atoms with Crippen LogP contribution < -0.4 is 0 Å². The minimum Gasteiger partial charge on any atom is -0.435 e. The van der Waals surface area contributed by atoms with Crippen molar-refractivity contribution in [2.24, 2.45) is 0 Å². The van der Waals surface area contributed by atoms with Crippen LogP contribution in [0.4, 0.5) is 0 Å². The Bertz CT molecular complexity index is 695. The highest BCUT2D eigenvalue weighted by Crippen LogP contribution is 2.32. The van der Waals surface area contributed by atoms with Crippen molar-refractivity contribution in [3.63, 3.8) is 0 Å². The first-order valence-electron chi connectivity index (χ1n) is 3.86. The lowest BCUT2D eigenvalue weighted by atomic mass is 10.2. The van der Waals surface area contributed by atoms with Gasteiger partial charge in [0.1, 0.15) is 16.6 Å². The van der Waals surface area contributed by atoms with E-state index in [0.717, 1.165) is 27.5 Å². The molecule has 0 aliphatic heterocycles. The molecule has 0 radical (unpaired) electrons. The van der Waals surface area contributed by atoms with Crippen LogP contribution in [-0.2, 0) is 0 Å². The number of hydrogen-bond donors (Lipinski definition) is 0. The summed E-state index contributed by atoms with van der Waals surface area (Å²) in [5.41, 5.74) is 3.97. The predicted molar refractivity (Wildman–Crippen MR) is 44.8 cm³/mol. The van der Waals surface area contributed by atoms with Crippen LogP contribution in [0.3, 0.4) is 0 Å². The van der Waals surface area contributed by atoms with Gasteiger partial charge < -0.3 is 4.42 Å². The summed E-state index contributed by atoms with van der Waals surface area (Å²) >= 11 is 0. The van der Waals surface area contributed by atoms with E-state index in [1.807, 2.05) is 12.1 Å². The molecule has 0 amide bonds. The lowest BCUT2D eigenvalue weighted by Gasteiger charge is -1.97. The third kappa shape index (κ3) is 0.462. The molecule has 60 valence electrons. The van der Waals surface area contributed by atoms with E-state index in [9.17, 15) is 0 Å². The highest BCUT2D eigenvalue weighted by molar-refractivity contribution is 6.15. The molecule has 0 unspecified atom stereocenters. The molecule has 1 aromatic carbocycles. The van der Waals surface area contributed by atoms with Gasteiger partial charge in [0, 0.05) is 0 Å². The molecule has 0 saturated carbocycles. The average molecular weight is 170 g/mol. The van der Waals surface area contributed by atoms with E-state index in [0.29, 0.717) is 5.71 Å². The highest BCUT2D eigenvalue weighted by Gasteiger charge is 2.18. The van der Waals surface area contributed by atoms with Gasteiger partial charge in [-0.1, -0.05) is 0 Å². The maximum Gasteiger partial charge on any atom is 0.267 e. The van der Waals surface area contributed by atoms with Crippen LogP contribution in [-0.4, -0.2) is 20.4 Å². The number of hydrogen-bond acceptors (Lipinski definition) is 5. The molecular weight excluding hydrogens is 168 g/mol. The van der Waals surface area contributed by atoms with Crippen LogP contribution in [0.5, 0.6) is 0 Å². The molecule has 0 aliphatic rings. The molecule has 0 N–H and O–H groups in total. The van der Waals surface area contributed by atoms with Gasteiger partial charge in [-0.15, -0.1) is 20.4 Å². The Morgan fingerprint density at radius 3 is 2.54 bits per heavy atom. The van der Waals surface area contributed by atoms with Gasteiger partial charge in [0.2, 0.25) is 0 Å². The van der Waals surface area contributed by atoms with Crippen molar-refractivity contribution in [2.45, 2.75) is 0 Å². The summed E-state index contributed by atoms with van der Waals surface area (Å²) in [5, 5.41) is 16.4. The summed E-state index contributed by atoms with van der Waals surface area (Å²) < 4.78 is 5.39. The Balaban J connectivity index is 2.47. The first-order chi connectivity index (χ1) is 6.43. The lowest BCUT2D eigenvalue weighted by Crippen LogP contribution is -1.92. The van der Waals surface area contributed by atoms with E-state index < -0.39 is 0 Å². The van der Waals surface area contributed by atoms with Crippen LogP contribution in [0.15, 0.2) is 16.5 Å². The Morgan fingerprint density at radius 2 is 1.85 bits per heavy atom. The number of furan rings is 1. The number of nitrogens with zero attached hydrogens (tertiary/aromatic N) is 4. The van der Waals surface area contributed by atoms with Crippen LogP contribution >= 0.6 is 0 Å². The lowest BCUT2D eigenvalue weighted by molar-refractivity contribution is 0.638. The van der Waals surface area contributed by atoms with Crippen molar-refractivity contribution < 1.29 is 4.42 Å². The molecule has 0 spiro atoms. The second-order valence-electron chi connectivity index (χ2n) is 2.96. The summed E-state index contributed by atoms with van der Waals surface area (Å²) in [7, 11) is 0. The van der Waals surface area contributed by atoms with Crippen molar-refractivity contribution in [3.05, 3.63) is 12.1 Å². The van der Waals surface area contributed by atoms with E-state index in [1.165, 1.54) is 0 Å². The highest BCUT2D eigenvalue weighted by atomic mass is 16.3. The maximum atomic E-state index is 5.39. The normalized spacial score (nSPS) is 12.6. The zero-order valence-corrected chi connectivity index (χ0v) is 6.35. The molecular formula is C8H2N4O. The minimum atomic E-state index is 0.602. The largest absolute Gasteiger partial charge is 0.435 e. The zero-order valence-electron chi connectivity index (χ0n) is 6.35. The van der Waals surface area contributed by atoms with Crippen molar-refractivity contribution in [1.82, 2.24) is 20.4 Å². The number of aromatic nitrogens is 4. The smallest absolute Gasteiger partial charge is 0.267 e. The van der Waals surface area contributed by atoms with Gasteiger partial charge in [-0.2, -0.15) is 0 Å². The van der Waals surface area contributed by atoms with Gasteiger partial charge in [-0.3, -0.25) is 0 Å². The summed E-state index contributed by atoms with van der Waals surface area (Å²) in [6.45, 7) is 0. The number of rotatable bonds is 0. The fourth-order valence-electron chi connectivity index (χ4n) is 1.59. The van der Waals surface area contributed by atoms with Gasteiger partial charge in [0.25, 0.3) is 5.71 Å². The fraction of sp³-hybridized carbons (Fsp3) is 0. The second kappa shape index (κ2) is 1.52. The topological polar surface area (TPSA) is 64.7 Å². The van der Waals surface area contributed by atoms with Crippen molar-refractivity contribution in [3.8, 4) is 0 Å². The molecule has 0 saturated heterocycles. The predicted octanol–water partition coefficient (Wildman–Crippen LogP) is 1.19. The number of benzene rings is 1. The van der Waals surface area contributed by atoms with E-state index in [1.54, 1.807) is 0 Å². The molecule has 4 aromatic rings. The van der Waals surface area contributed by atoms with E-state index in [2.05, 4.69) is 20.4 Å². The van der Waals surface area contributed by atoms with Gasteiger partial charge in [0.05, 0.1) is 5.39 Å². The SMILES string of the molecule is c1cc2oc3nnc3c2c2nnc12. The molecule has 0 aliphatic carbocycles.